The number of aromatic nitrogens is 5. The molecule has 11 nitrogen and oxygen atoms in total. The molecule has 12 heteroatoms. The molecule has 0 saturated carbocycles. The molecular weight excluding hydrogens is 681 g/mol. The molecular formula is C41H54N8O3Si. The molecule has 1 aliphatic carbocycles. The highest BCUT2D eigenvalue weighted by Crippen LogP contribution is 2.40. The Morgan fingerprint density at radius 1 is 0.887 bits per heavy atom. The summed E-state index contributed by atoms with van der Waals surface area (Å²) in [5.41, 5.74) is 4.45. The van der Waals surface area contributed by atoms with Gasteiger partial charge < -0.3 is 14.5 Å². The van der Waals surface area contributed by atoms with Crippen molar-refractivity contribution in [1.29, 1.82) is 0 Å². The van der Waals surface area contributed by atoms with Crippen LogP contribution < -0.4 is 19.8 Å². The van der Waals surface area contributed by atoms with Gasteiger partial charge in [-0.2, -0.15) is 5.10 Å². The van der Waals surface area contributed by atoms with E-state index in [0.29, 0.717) is 5.82 Å². The van der Waals surface area contributed by atoms with E-state index in [1.165, 1.54) is 0 Å². The largest absolute Gasteiger partial charge is 0.544 e. The number of amides is 2. The van der Waals surface area contributed by atoms with Crippen LogP contribution in [0.3, 0.4) is 0 Å². The Bertz CT molecular complexity index is 2090. The second-order valence-corrected chi connectivity index (χ2v) is 21.9. The van der Waals surface area contributed by atoms with Gasteiger partial charge in [0.05, 0.1) is 29.7 Å². The Kier molecular flexibility index (Phi) is 9.65. The molecule has 53 heavy (non-hydrogen) atoms. The SMILES string of the molecule is CN1CCC[C@H]1c1nnc2ccc(O[C@@H]3CC[C@H](NC(=O)Nc4cc(C(C)(C)C)nn4-c4ccc(O[Si](C)(C)C(C)(C)C)cc4)c4ccccc43)cn12. The number of hydrogen-bond donors (Lipinski definition) is 2. The van der Waals surface area contributed by atoms with E-state index in [4.69, 9.17) is 14.3 Å². The average molecular weight is 735 g/mol. The van der Waals surface area contributed by atoms with Crippen LogP contribution in [-0.2, 0) is 5.41 Å². The summed E-state index contributed by atoms with van der Waals surface area (Å²) in [5, 5.41) is 20.4. The Labute approximate surface area is 314 Å². The Morgan fingerprint density at radius 2 is 1.60 bits per heavy atom. The number of likely N-dealkylation sites (tertiary alicyclic amines) is 1. The fourth-order valence-corrected chi connectivity index (χ4v) is 8.09. The molecule has 0 radical (unpaired) electrons. The minimum absolute atomic E-state index is 0.0939. The van der Waals surface area contributed by atoms with Crippen LogP contribution in [0.1, 0.15) is 108 Å². The first-order valence-electron chi connectivity index (χ1n) is 18.9. The third kappa shape index (κ3) is 7.57. The summed E-state index contributed by atoms with van der Waals surface area (Å²) in [6, 6.07) is 21.9. The van der Waals surface area contributed by atoms with Gasteiger partial charge in [-0.25, -0.2) is 9.48 Å². The smallest absolute Gasteiger partial charge is 0.320 e. The maximum atomic E-state index is 13.7. The van der Waals surface area contributed by atoms with Crippen molar-refractivity contribution in [2.24, 2.45) is 0 Å². The highest BCUT2D eigenvalue weighted by atomic mass is 28.4. The lowest BCUT2D eigenvalue weighted by molar-refractivity contribution is 0.171. The van der Waals surface area contributed by atoms with Crippen molar-refractivity contribution in [2.45, 2.75) is 109 Å². The predicted octanol–water partition coefficient (Wildman–Crippen LogP) is 9.14. The fraction of sp³-hybridized carbons (Fsp3) is 0.463. The van der Waals surface area contributed by atoms with Crippen molar-refractivity contribution in [2.75, 3.05) is 18.9 Å². The highest BCUT2D eigenvalue weighted by Gasteiger charge is 2.39. The van der Waals surface area contributed by atoms with Crippen molar-refractivity contribution >= 4 is 25.8 Å². The zero-order valence-electron chi connectivity index (χ0n) is 32.6. The molecule has 3 aromatic heterocycles. The molecule has 280 valence electrons. The standard InChI is InChI=1S/C41H54N8O3Si/c1-40(2,3)35-25-37(49(46-35)27-16-18-28(19-17-27)52-53(8,9)41(4,5)6)43-39(50)42-32-21-22-34(31-14-11-10-13-30(31)32)51-29-20-23-36-44-45-38(48(36)26-29)33-15-12-24-47(33)7/h10-11,13-14,16-20,23,25-26,32-34H,12,15,21-22,24H2,1-9H3,(H2,42,43,50)/t32-,33-,34+/m0/s1. The van der Waals surface area contributed by atoms with E-state index in [1.807, 2.05) is 60.8 Å². The van der Waals surface area contributed by atoms with E-state index in [0.717, 1.165) is 77.7 Å². The van der Waals surface area contributed by atoms with Gasteiger partial charge in [0.1, 0.15) is 23.4 Å². The van der Waals surface area contributed by atoms with Gasteiger partial charge in [-0.15, -0.1) is 10.2 Å². The highest BCUT2D eigenvalue weighted by molar-refractivity contribution is 6.74. The van der Waals surface area contributed by atoms with Crippen LogP contribution in [0.5, 0.6) is 11.5 Å². The van der Waals surface area contributed by atoms with Gasteiger partial charge in [-0.1, -0.05) is 65.8 Å². The molecule has 2 aliphatic rings. The average Bonchev–Trinajstić information content (AvgIpc) is 3.83. The zero-order valence-corrected chi connectivity index (χ0v) is 33.6. The number of nitrogens with zero attached hydrogens (tertiary/aromatic N) is 6. The van der Waals surface area contributed by atoms with Gasteiger partial charge in [-0.05, 0) is 105 Å². The summed E-state index contributed by atoms with van der Waals surface area (Å²) in [5.74, 6) is 3.16. The first-order valence-corrected chi connectivity index (χ1v) is 21.8. The van der Waals surface area contributed by atoms with E-state index in [-0.39, 0.29) is 34.7 Å². The van der Waals surface area contributed by atoms with Gasteiger partial charge in [0.25, 0.3) is 0 Å². The van der Waals surface area contributed by atoms with Crippen LogP contribution in [0.4, 0.5) is 10.6 Å². The summed E-state index contributed by atoms with van der Waals surface area (Å²) < 4.78 is 17.1. The Morgan fingerprint density at radius 3 is 2.28 bits per heavy atom. The second-order valence-electron chi connectivity index (χ2n) is 17.2. The minimum atomic E-state index is -1.99. The molecule has 5 aromatic rings. The van der Waals surface area contributed by atoms with Gasteiger partial charge in [-0.3, -0.25) is 14.6 Å². The van der Waals surface area contributed by atoms with Crippen LogP contribution in [-0.4, -0.2) is 57.2 Å². The molecule has 2 aromatic carbocycles. The number of hydrogen-bond acceptors (Lipinski definition) is 7. The van der Waals surface area contributed by atoms with E-state index in [2.05, 4.69) is 104 Å². The van der Waals surface area contributed by atoms with Gasteiger partial charge in [0.15, 0.2) is 11.5 Å². The van der Waals surface area contributed by atoms with E-state index in [1.54, 1.807) is 4.68 Å². The quantitative estimate of drug-likeness (QED) is 0.153. The van der Waals surface area contributed by atoms with E-state index >= 15 is 0 Å². The topological polar surface area (TPSA) is 111 Å². The molecule has 4 heterocycles. The normalized spacial score (nSPS) is 19.6. The molecule has 0 spiro atoms. The lowest BCUT2D eigenvalue weighted by Gasteiger charge is -2.36. The number of carbonyl (C=O) groups excluding carboxylic acids is 1. The summed E-state index contributed by atoms with van der Waals surface area (Å²) in [6.07, 6.45) is 5.56. The number of nitrogens with one attached hydrogen (secondary N) is 2. The number of carbonyl (C=O) groups is 1. The Hall–Kier alpha value is -4.68. The van der Waals surface area contributed by atoms with Crippen LogP contribution in [0.15, 0.2) is 72.9 Å². The summed E-state index contributed by atoms with van der Waals surface area (Å²) >= 11 is 0. The summed E-state index contributed by atoms with van der Waals surface area (Å²) in [6.45, 7) is 18.6. The first kappa shape index (κ1) is 36.7. The Balaban J connectivity index is 1.07. The summed E-state index contributed by atoms with van der Waals surface area (Å²) in [7, 11) is 0.158. The van der Waals surface area contributed by atoms with Crippen molar-refractivity contribution in [3.05, 3.63) is 95.6 Å². The number of benzene rings is 2. The third-order valence-electron chi connectivity index (χ3n) is 11.2. The molecule has 3 atom stereocenters. The molecule has 2 amide bonds. The second kappa shape index (κ2) is 13.9. The molecule has 2 N–H and O–H groups in total. The first-order chi connectivity index (χ1) is 25.1. The minimum Gasteiger partial charge on any atom is -0.544 e. The number of pyridine rings is 1. The molecule has 0 unspecified atom stereocenters. The lowest BCUT2D eigenvalue weighted by Crippen LogP contribution is -2.43. The fourth-order valence-electron chi connectivity index (χ4n) is 7.06. The maximum Gasteiger partial charge on any atom is 0.320 e. The van der Waals surface area contributed by atoms with Crippen molar-refractivity contribution in [1.82, 2.24) is 34.6 Å². The molecule has 1 saturated heterocycles. The van der Waals surface area contributed by atoms with E-state index in [9.17, 15) is 4.79 Å². The van der Waals surface area contributed by atoms with Crippen LogP contribution in [0, 0.1) is 0 Å². The maximum absolute atomic E-state index is 13.7. The van der Waals surface area contributed by atoms with Gasteiger partial charge in [0.2, 0.25) is 8.32 Å². The number of ether oxygens (including phenoxy) is 1. The monoisotopic (exact) mass is 734 g/mol. The number of anilines is 1. The molecule has 1 aliphatic heterocycles. The summed E-state index contributed by atoms with van der Waals surface area (Å²) in [4.78, 5) is 16.1. The van der Waals surface area contributed by atoms with Crippen molar-refractivity contribution < 1.29 is 14.0 Å². The van der Waals surface area contributed by atoms with Gasteiger partial charge in [0, 0.05) is 11.5 Å². The van der Waals surface area contributed by atoms with E-state index < -0.39 is 8.32 Å². The third-order valence-corrected chi connectivity index (χ3v) is 15.6. The number of fused-ring (bicyclic) bond motifs is 2. The molecule has 0 bridgehead atoms. The van der Waals surface area contributed by atoms with Gasteiger partial charge >= 0.3 is 6.03 Å². The predicted molar refractivity (Wildman–Crippen MR) is 212 cm³/mol. The molecule has 7 rings (SSSR count). The number of rotatable bonds is 8. The lowest BCUT2D eigenvalue weighted by atomic mass is 9.85. The van der Waals surface area contributed by atoms with Crippen LogP contribution in [0.25, 0.3) is 11.3 Å². The van der Waals surface area contributed by atoms with Crippen molar-refractivity contribution in [3.63, 3.8) is 0 Å². The van der Waals surface area contributed by atoms with Crippen LogP contribution in [0.2, 0.25) is 18.1 Å². The van der Waals surface area contributed by atoms with Crippen LogP contribution >= 0.6 is 0 Å². The number of urea groups is 1. The zero-order chi connectivity index (χ0) is 37.7. The molecule has 1 fully saturated rings. The van der Waals surface area contributed by atoms with Crippen molar-refractivity contribution in [3.8, 4) is 17.2 Å².